The van der Waals surface area contributed by atoms with Crippen LogP contribution in [0.2, 0.25) is 0 Å². The highest BCUT2D eigenvalue weighted by molar-refractivity contribution is 5.91. The molecule has 0 saturated carbocycles. The van der Waals surface area contributed by atoms with Gasteiger partial charge < -0.3 is 10.5 Å². The smallest absolute Gasteiger partial charge is 0.337 e. The quantitative estimate of drug-likeness (QED) is 0.248. The maximum Gasteiger partial charge on any atom is 0.337 e. The van der Waals surface area contributed by atoms with Crippen LogP contribution in [-0.2, 0) is 4.79 Å². The van der Waals surface area contributed by atoms with Gasteiger partial charge in [0.05, 0.1) is 11.3 Å². The molecule has 0 aliphatic rings. The Morgan fingerprint density at radius 3 is 2.50 bits per heavy atom. The molecule has 0 aromatic heterocycles. The summed E-state index contributed by atoms with van der Waals surface area (Å²) >= 11 is 0. The summed E-state index contributed by atoms with van der Waals surface area (Å²) in [6, 6.07) is 0. The highest BCUT2D eigenvalue weighted by Gasteiger charge is 2.09. The van der Waals surface area contributed by atoms with Crippen LogP contribution in [0.3, 0.4) is 0 Å². The van der Waals surface area contributed by atoms with Gasteiger partial charge in [0.15, 0.2) is 0 Å². The molecule has 0 atom stereocenters. The van der Waals surface area contributed by atoms with Crippen molar-refractivity contribution < 1.29 is 9.90 Å². The minimum Gasteiger partial charge on any atom is -0.478 e. The van der Waals surface area contributed by atoms with Crippen molar-refractivity contribution in [2.45, 2.75) is 6.92 Å². The summed E-state index contributed by atoms with van der Waals surface area (Å²) in [5, 5.41) is 8.68. The molecule has 66 valence electrons. The number of nitrogens with two attached hydrogens (primary N) is 1. The maximum absolute atomic E-state index is 10.6. The molecule has 0 bridgehead atoms. The lowest BCUT2D eigenvalue weighted by Crippen LogP contribution is -2.24. The fourth-order valence-corrected chi connectivity index (χ4v) is 0.711. The number of rotatable bonds is 4. The Hall–Kier alpha value is -1.55. The van der Waals surface area contributed by atoms with Crippen LogP contribution >= 0.6 is 0 Å². The summed E-state index contributed by atoms with van der Waals surface area (Å²) in [5.74, 6) is 4.05. The van der Waals surface area contributed by atoms with Gasteiger partial charge in [-0.05, 0) is 13.0 Å². The van der Waals surface area contributed by atoms with E-state index in [9.17, 15) is 4.79 Å². The first-order valence-corrected chi connectivity index (χ1v) is 3.36. The van der Waals surface area contributed by atoms with Crippen molar-refractivity contribution >= 4 is 5.97 Å². The van der Waals surface area contributed by atoms with Gasteiger partial charge in [-0.1, -0.05) is 18.7 Å². The van der Waals surface area contributed by atoms with E-state index >= 15 is 0 Å². The van der Waals surface area contributed by atoms with Crippen molar-refractivity contribution in [2.24, 2.45) is 5.84 Å². The van der Waals surface area contributed by atoms with E-state index in [1.807, 2.05) is 0 Å². The van der Waals surface area contributed by atoms with Crippen LogP contribution < -0.4 is 11.3 Å². The first-order valence-electron chi connectivity index (χ1n) is 3.36. The van der Waals surface area contributed by atoms with Crippen LogP contribution in [0.1, 0.15) is 6.92 Å². The Morgan fingerprint density at radius 2 is 2.25 bits per heavy atom. The molecule has 0 saturated heterocycles. The number of hydrazine groups is 1. The third-order valence-electron chi connectivity index (χ3n) is 1.25. The Balaban J connectivity index is 4.86. The Kier molecular flexibility index (Phi) is 4.48. The highest BCUT2D eigenvalue weighted by Crippen LogP contribution is 2.05. The molecule has 0 spiro atoms. The summed E-state index contributed by atoms with van der Waals surface area (Å²) in [6.07, 6.45) is 4.34. The van der Waals surface area contributed by atoms with Gasteiger partial charge in [0, 0.05) is 0 Å². The zero-order chi connectivity index (χ0) is 9.56. The summed E-state index contributed by atoms with van der Waals surface area (Å²) in [7, 11) is 0. The molecule has 0 rings (SSSR count). The Bertz CT molecular complexity index is 241. The number of nitrogens with one attached hydrogen (secondary N) is 1. The van der Waals surface area contributed by atoms with Gasteiger partial charge in [0.25, 0.3) is 0 Å². The molecule has 4 nitrogen and oxygen atoms in total. The normalized spacial score (nSPS) is 12.5. The second-order valence-corrected chi connectivity index (χ2v) is 1.97. The first kappa shape index (κ1) is 10.4. The molecule has 0 aromatic carbocycles. The van der Waals surface area contributed by atoms with E-state index in [1.165, 1.54) is 12.2 Å². The number of hydrogen-bond acceptors (Lipinski definition) is 3. The van der Waals surface area contributed by atoms with Gasteiger partial charge in [-0.15, -0.1) is 0 Å². The number of carbonyl (C=O) groups is 1. The average molecular weight is 168 g/mol. The fourth-order valence-electron chi connectivity index (χ4n) is 0.711. The summed E-state index contributed by atoms with van der Waals surface area (Å²) in [6.45, 7) is 5.09. The second kappa shape index (κ2) is 5.15. The third kappa shape index (κ3) is 2.59. The lowest BCUT2D eigenvalue weighted by atomic mass is 10.2. The number of carboxylic acid groups (broad SMARTS) is 1. The molecule has 0 amide bonds. The minimum absolute atomic E-state index is 0.0926. The molecule has 4 heteroatoms. The molecular weight excluding hydrogens is 156 g/mol. The van der Waals surface area contributed by atoms with Gasteiger partial charge in [-0.2, -0.15) is 0 Å². The van der Waals surface area contributed by atoms with Crippen molar-refractivity contribution in [2.75, 3.05) is 0 Å². The number of carboxylic acids is 1. The zero-order valence-electron chi connectivity index (χ0n) is 6.87. The summed E-state index contributed by atoms with van der Waals surface area (Å²) in [5.41, 5.74) is 2.74. The van der Waals surface area contributed by atoms with E-state index in [4.69, 9.17) is 10.9 Å². The molecule has 0 heterocycles. The van der Waals surface area contributed by atoms with E-state index in [2.05, 4.69) is 12.0 Å². The molecule has 0 unspecified atom stereocenters. The molecule has 4 N–H and O–H groups in total. The van der Waals surface area contributed by atoms with Crippen LogP contribution in [0.15, 0.2) is 36.1 Å². The number of allylic oxidation sites excluding steroid dienone is 3. The van der Waals surface area contributed by atoms with Crippen LogP contribution in [0.4, 0.5) is 0 Å². The van der Waals surface area contributed by atoms with E-state index in [0.717, 1.165) is 0 Å². The molecule has 0 aliphatic carbocycles. The van der Waals surface area contributed by atoms with Crippen molar-refractivity contribution in [1.29, 1.82) is 0 Å². The Morgan fingerprint density at radius 1 is 1.67 bits per heavy atom. The molecule has 0 aliphatic heterocycles. The molecule has 0 radical (unpaired) electrons. The third-order valence-corrected chi connectivity index (χ3v) is 1.25. The van der Waals surface area contributed by atoms with Crippen molar-refractivity contribution in [1.82, 2.24) is 5.43 Å². The predicted octanol–water partition coefficient (Wildman–Crippen LogP) is 0.551. The minimum atomic E-state index is -1.04. The predicted molar refractivity (Wildman–Crippen MR) is 47.0 cm³/mol. The molecule has 0 fully saturated rings. The standard InChI is InChI=1S/C8H12N2O2/c1-3-5-6(8(11)12)7(4-2)10-9/h3-5,10H,1,9H2,2H3,(H,11,12)/b6-5+,7-4+. The van der Waals surface area contributed by atoms with E-state index < -0.39 is 5.97 Å². The van der Waals surface area contributed by atoms with Gasteiger partial charge in [-0.3, -0.25) is 5.84 Å². The first-order chi connectivity index (χ1) is 5.67. The zero-order valence-corrected chi connectivity index (χ0v) is 6.87. The Labute approximate surface area is 71.0 Å². The topological polar surface area (TPSA) is 75.3 Å². The van der Waals surface area contributed by atoms with Crippen molar-refractivity contribution in [3.05, 3.63) is 36.1 Å². The summed E-state index contributed by atoms with van der Waals surface area (Å²) in [4.78, 5) is 10.6. The van der Waals surface area contributed by atoms with Gasteiger partial charge >= 0.3 is 5.97 Å². The van der Waals surface area contributed by atoms with Crippen molar-refractivity contribution in [3.63, 3.8) is 0 Å². The van der Waals surface area contributed by atoms with Crippen molar-refractivity contribution in [3.8, 4) is 0 Å². The van der Waals surface area contributed by atoms with Crippen LogP contribution in [0.5, 0.6) is 0 Å². The SMILES string of the molecule is C=C/C=C(C(=O)O)\C(=C/C)NN. The average Bonchev–Trinajstić information content (AvgIpc) is 2.05. The fraction of sp³-hybridized carbons (Fsp3) is 0.125. The van der Waals surface area contributed by atoms with E-state index in [1.54, 1.807) is 13.0 Å². The van der Waals surface area contributed by atoms with Crippen LogP contribution in [-0.4, -0.2) is 11.1 Å². The molecule has 12 heavy (non-hydrogen) atoms. The molecule has 0 aromatic rings. The summed E-state index contributed by atoms with van der Waals surface area (Å²) < 4.78 is 0. The molecular formula is C8H12N2O2. The van der Waals surface area contributed by atoms with Gasteiger partial charge in [0.1, 0.15) is 0 Å². The number of hydrogen-bond donors (Lipinski definition) is 3. The van der Waals surface area contributed by atoms with Gasteiger partial charge in [-0.25, -0.2) is 4.79 Å². The van der Waals surface area contributed by atoms with E-state index in [-0.39, 0.29) is 5.57 Å². The second-order valence-electron chi connectivity index (χ2n) is 1.97. The number of aliphatic carboxylic acids is 1. The van der Waals surface area contributed by atoms with Gasteiger partial charge in [0.2, 0.25) is 0 Å². The van der Waals surface area contributed by atoms with Crippen LogP contribution in [0, 0.1) is 0 Å². The maximum atomic E-state index is 10.6. The largest absolute Gasteiger partial charge is 0.478 e. The lowest BCUT2D eigenvalue weighted by molar-refractivity contribution is -0.132. The van der Waals surface area contributed by atoms with Crippen LogP contribution in [0.25, 0.3) is 0 Å². The van der Waals surface area contributed by atoms with E-state index in [0.29, 0.717) is 5.70 Å². The highest BCUT2D eigenvalue weighted by atomic mass is 16.4. The lowest BCUT2D eigenvalue weighted by Gasteiger charge is -2.05. The monoisotopic (exact) mass is 168 g/mol.